The van der Waals surface area contributed by atoms with E-state index in [0.717, 1.165) is 45.1 Å². The first-order chi connectivity index (χ1) is 17.8. The zero-order valence-corrected chi connectivity index (χ0v) is 20.3. The topological polar surface area (TPSA) is 129 Å². The molecule has 0 radical (unpaired) electrons. The summed E-state index contributed by atoms with van der Waals surface area (Å²) < 4.78 is 39.9. The molecule has 0 saturated heterocycles. The fourth-order valence-corrected chi connectivity index (χ4v) is 4.78. The molecule has 2 aromatic carbocycles. The van der Waals surface area contributed by atoms with Gasteiger partial charge < -0.3 is 4.98 Å². The summed E-state index contributed by atoms with van der Waals surface area (Å²) in [6, 6.07) is 14.1. The molecule has 0 aliphatic rings. The number of halogens is 1. The molecule has 6 aromatic rings. The lowest BCUT2D eigenvalue weighted by atomic mass is 10.0. The van der Waals surface area contributed by atoms with E-state index in [2.05, 4.69) is 34.9 Å². The fourth-order valence-electron chi connectivity index (χ4n) is 4.36. The molecule has 4 aromatic heterocycles. The zero-order valence-electron chi connectivity index (χ0n) is 19.5. The van der Waals surface area contributed by atoms with Crippen molar-refractivity contribution in [3.8, 4) is 33.8 Å². The van der Waals surface area contributed by atoms with E-state index < -0.39 is 15.8 Å². The minimum absolute atomic E-state index is 0.0103. The number of hydrogen-bond donors (Lipinski definition) is 3. The summed E-state index contributed by atoms with van der Waals surface area (Å²) in [5, 5.41) is 9.28. The van der Waals surface area contributed by atoms with Gasteiger partial charge >= 0.3 is 0 Å². The van der Waals surface area contributed by atoms with Crippen LogP contribution in [-0.2, 0) is 16.6 Å². The molecular weight excluding hydrogens is 493 g/mol. The molecule has 0 bridgehead atoms. The Morgan fingerprint density at radius 2 is 1.84 bits per heavy atom. The zero-order chi connectivity index (χ0) is 25.6. The van der Waals surface area contributed by atoms with Gasteiger partial charge in [0.25, 0.3) is 0 Å². The second-order valence-corrected chi connectivity index (χ2v) is 10.5. The SMILES string of the molecule is CS(=O)(=O)NCc1cc(F)cc(-c2ccnc3[nH]c(-c4n[nH]c5ccc(-c6cnccn6)cc45)cc23)c1. The highest BCUT2D eigenvalue weighted by Crippen LogP contribution is 2.34. The number of nitrogens with zero attached hydrogens (tertiary/aromatic N) is 4. The van der Waals surface area contributed by atoms with Crippen molar-refractivity contribution in [2.75, 3.05) is 6.26 Å². The Morgan fingerprint density at radius 3 is 2.65 bits per heavy atom. The largest absolute Gasteiger partial charge is 0.338 e. The quantitative estimate of drug-likeness (QED) is 0.302. The van der Waals surface area contributed by atoms with Crippen LogP contribution in [0.3, 0.4) is 0 Å². The molecule has 0 aliphatic carbocycles. The molecule has 184 valence electrons. The monoisotopic (exact) mass is 513 g/mol. The van der Waals surface area contributed by atoms with Crippen LogP contribution in [0.2, 0.25) is 0 Å². The lowest BCUT2D eigenvalue weighted by Crippen LogP contribution is -2.21. The molecule has 0 unspecified atom stereocenters. The van der Waals surface area contributed by atoms with Gasteiger partial charge in [0.2, 0.25) is 10.0 Å². The van der Waals surface area contributed by atoms with Crippen molar-refractivity contribution >= 4 is 32.0 Å². The molecule has 0 fully saturated rings. The normalized spacial score (nSPS) is 11.9. The second kappa shape index (κ2) is 8.87. The van der Waals surface area contributed by atoms with E-state index in [-0.39, 0.29) is 6.54 Å². The first-order valence-corrected chi connectivity index (χ1v) is 13.2. The third-order valence-corrected chi connectivity index (χ3v) is 6.68. The van der Waals surface area contributed by atoms with Gasteiger partial charge in [-0.05, 0) is 59.2 Å². The smallest absolute Gasteiger partial charge is 0.209 e. The van der Waals surface area contributed by atoms with Crippen molar-refractivity contribution in [2.24, 2.45) is 0 Å². The number of fused-ring (bicyclic) bond motifs is 2. The summed E-state index contributed by atoms with van der Waals surface area (Å²) in [6.07, 6.45) is 7.70. The number of rotatable bonds is 6. The van der Waals surface area contributed by atoms with E-state index in [9.17, 15) is 12.8 Å². The maximum atomic E-state index is 14.5. The van der Waals surface area contributed by atoms with E-state index in [1.54, 1.807) is 36.9 Å². The summed E-state index contributed by atoms with van der Waals surface area (Å²) in [5.41, 5.74) is 6.48. The van der Waals surface area contributed by atoms with Crippen LogP contribution < -0.4 is 4.72 Å². The van der Waals surface area contributed by atoms with Gasteiger partial charge in [-0.15, -0.1) is 0 Å². The predicted molar refractivity (Wildman–Crippen MR) is 139 cm³/mol. The maximum absolute atomic E-state index is 14.5. The second-order valence-electron chi connectivity index (χ2n) is 8.67. The Kier molecular flexibility index (Phi) is 5.50. The van der Waals surface area contributed by atoms with Crippen molar-refractivity contribution < 1.29 is 12.8 Å². The molecule has 0 aliphatic heterocycles. The number of aromatic nitrogens is 6. The van der Waals surface area contributed by atoms with Crippen LogP contribution in [0.4, 0.5) is 4.39 Å². The Hall–Kier alpha value is -4.48. The van der Waals surface area contributed by atoms with E-state index >= 15 is 0 Å². The lowest BCUT2D eigenvalue weighted by Gasteiger charge is -2.08. The molecule has 3 N–H and O–H groups in total. The molecule has 0 atom stereocenters. The van der Waals surface area contributed by atoms with E-state index in [0.29, 0.717) is 22.5 Å². The Labute approximate surface area is 210 Å². The number of H-pyrrole nitrogens is 2. The number of benzene rings is 2. The lowest BCUT2D eigenvalue weighted by molar-refractivity contribution is 0.586. The van der Waals surface area contributed by atoms with Crippen LogP contribution in [0.5, 0.6) is 0 Å². The van der Waals surface area contributed by atoms with E-state index in [1.165, 1.54) is 12.1 Å². The first-order valence-electron chi connectivity index (χ1n) is 11.3. The summed E-state index contributed by atoms with van der Waals surface area (Å²) in [5.74, 6) is -0.460. The van der Waals surface area contributed by atoms with Crippen molar-refractivity contribution in [3.05, 3.63) is 84.7 Å². The fraction of sp³-hybridized carbons (Fsp3) is 0.0769. The number of hydrogen-bond acceptors (Lipinski definition) is 6. The minimum Gasteiger partial charge on any atom is -0.338 e. The van der Waals surface area contributed by atoms with Gasteiger partial charge in [-0.1, -0.05) is 6.07 Å². The highest BCUT2D eigenvalue weighted by Gasteiger charge is 2.16. The third kappa shape index (κ3) is 4.57. The van der Waals surface area contributed by atoms with Crippen LogP contribution in [0.1, 0.15) is 5.56 Å². The minimum atomic E-state index is -3.41. The molecule has 0 spiro atoms. The number of pyridine rings is 1. The van der Waals surface area contributed by atoms with Gasteiger partial charge in [0.05, 0.1) is 29.4 Å². The molecule has 6 rings (SSSR count). The van der Waals surface area contributed by atoms with Gasteiger partial charge in [0.1, 0.15) is 17.2 Å². The Morgan fingerprint density at radius 1 is 0.946 bits per heavy atom. The molecule has 9 nitrogen and oxygen atoms in total. The number of aromatic amines is 2. The van der Waals surface area contributed by atoms with Gasteiger partial charge in [0.15, 0.2) is 0 Å². The average molecular weight is 514 g/mol. The molecule has 0 amide bonds. The van der Waals surface area contributed by atoms with Gasteiger partial charge in [-0.2, -0.15) is 5.10 Å². The maximum Gasteiger partial charge on any atom is 0.209 e. The van der Waals surface area contributed by atoms with Gasteiger partial charge in [0, 0.05) is 41.5 Å². The molecular formula is C26H20FN7O2S. The Balaban J connectivity index is 1.44. The summed E-state index contributed by atoms with van der Waals surface area (Å²) in [4.78, 5) is 16.3. The standard InChI is InChI=1S/C26H20FN7O2S/c1-37(35,36)31-13-15-8-17(10-18(27)9-15)19-4-5-30-26-20(19)12-23(32-26)25-21-11-16(2-3-22(21)33-34-25)24-14-28-6-7-29-24/h2-12,14,31H,13H2,1H3,(H,30,32)(H,33,34). The van der Waals surface area contributed by atoms with Crippen LogP contribution in [0.25, 0.3) is 55.7 Å². The average Bonchev–Trinajstić information content (AvgIpc) is 3.51. The van der Waals surface area contributed by atoms with Crippen molar-refractivity contribution in [2.45, 2.75) is 6.54 Å². The van der Waals surface area contributed by atoms with Crippen molar-refractivity contribution in [3.63, 3.8) is 0 Å². The van der Waals surface area contributed by atoms with E-state index in [1.807, 2.05) is 24.3 Å². The van der Waals surface area contributed by atoms with Crippen LogP contribution >= 0.6 is 0 Å². The van der Waals surface area contributed by atoms with Gasteiger partial charge in [-0.3, -0.25) is 15.1 Å². The summed E-state index contributed by atoms with van der Waals surface area (Å²) >= 11 is 0. The molecule has 0 saturated carbocycles. The first kappa shape index (κ1) is 23.0. The van der Waals surface area contributed by atoms with Crippen molar-refractivity contribution in [1.82, 2.24) is 34.9 Å². The summed E-state index contributed by atoms with van der Waals surface area (Å²) in [7, 11) is -3.41. The third-order valence-electron chi connectivity index (χ3n) is 6.02. The molecule has 4 heterocycles. The van der Waals surface area contributed by atoms with Gasteiger partial charge in [-0.25, -0.2) is 22.5 Å². The van der Waals surface area contributed by atoms with Crippen LogP contribution in [-0.4, -0.2) is 44.8 Å². The predicted octanol–water partition coefficient (Wildman–Crippen LogP) is 4.42. The molecule has 11 heteroatoms. The van der Waals surface area contributed by atoms with Crippen LogP contribution in [0.15, 0.2) is 73.3 Å². The van der Waals surface area contributed by atoms with E-state index in [4.69, 9.17) is 0 Å². The van der Waals surface area contributed by atoms with Crippen LogP contribution in [0, 0.1) is 5.82 Å². The Bertz CT molecular complexity index is 1880. The highest BCUT2D eigenvalue weighted by molar-refractivity contribution is 7.88. The number of sulfonamides is 1. The van der Waals surface area contributed by atoms with Crippen molar-refractivity contribution in [1.29, 1.82) is 0 Å². The highest BCUT2D eigenvalue weighted by atomic mass is 32.2. The molecule has 37 heavy (non-hydrogen) atoms. The number of nitrogens with one attached hydrogen (secondary N) is 3. The summed E-state index contributed by atoms with van der Waals surface area (Å²) in [6.45, 7) is -0.0103.